The molecule has 2 heterocycles. The van der Waals surface area contributed by atoms with Gasteiger partial charge in [0.1, 0.15) is 5.75 Å². The van der Waals surface area contributed by atoms with E-state index in [2.05, 4.69) is 20.8 Å². The Hall–Kier alpha value is -1.11. The van der Waals surface area contributed by atoms with Gasteiger partial charge in [-0.1, -0.05) is 15.9 Å². The van der Waals surface area contributed by atoms with Gasteiger partial charge in [-0.05, 0) is 24.6 Å². The fraction of sp³-hybridized carbons (Fsp3) is 0.533. The fourth-order valence-electron chi connectivity index (χ4n) is 3.02. The van der Waals surface area contributed by atoms with Crippen LogP contribution in [0.4, 0.5) is 0 Å². The van der Waals surface area contributed by atoms with Crippen molar-refractivity contribution in [2.75, 3.05) is 39.4 Å². The average molecular weight is 355 g/mol. The lowest BCUT2D eigenvalue weighted by Crippen LogP contribution is -2.45. The molecule has 2 aliphatic rings. The van der Waals surface area contributed by atoms with Crippen molar-refractivity contribution >= 4 is 21.8 Å². The summed E-state index contributed by atoms with van der Waals surface area (Å²) in [7, 11) is 0. The van der Waals surface area contributed by atoms with E-state index in [0.29, 0.717) is 11.6 Å². The number of likely N-dealkylation sites (tertiary alicyclic amines) is 1. The zero-order chi connectivity index (χ0) is 14.8. The normalized spacial score (nSPS) is 23.5. The van der Waals surface area contributed by atoms with Crippen LogP contribution < -0.4 is 0 Å². The molecule has 1 N–H and O–H groups in total. The van der Waals surface area contributed by atoms with E-state index in [4.69, 9.17) is 4.74 Å². The molecule has 1 unspecified atom stereocenters. The summed E-state index contributed by atoms with van der Waals surface area (Å²) >= 11 is 3.29. The lowest BCUT2D eigenvalue weighted by Gasteiger charge is -2.32. The molecule has 0 aromatic heterocycles. The molecule has 3 rings (SSSR count). The summed E-state index contributed by atoms with van der Waals surface area (Å²) in [5.74, 6) is -0.0556. The summed E-state index contributed by atoms with van der Waals surface area (Å²) in [5, 5.41) is 9.93. The van der Waals surface area contributed by atoms with E-state index in [1.54, 1.807) is 18.2 Å². The number of phenolic OH excluding ortho intramolecular Hbond substituents is 1. The van der Waals surface area contributed by atoms with Crippen LogP contribution in [0.2, 0.25) is 0 Å². The van der Waals surface area contributed by atoms with Gasteiger partial charge in [0.05, 0.1) is 18.8 Å². The molecule has 21 heavy (non-hydrogen) atoms. The van der Waals surface area contributed by atoms with Crippen molar-refractivity contribution in [3.05, 3.63) is 28.2 Å². The monoisotopic (exact) mass is 354 g/mol. The second-order valence-electron chi connectivity index (χ2n) is 5.50. The molecule has 0 saturated carbocycles. The molecule has 1 atom stereocenters. The van der Waals surface area contributed by atoms with Crippen molar-refractivity contribution in [3.63, 3.8) is 0 Å². The summed E-state index contributed by atoms with van der Waals surface area (Å²) in [5.41, 5.74) is 0.376. The van der Waals surface area contributed by atoms with Gasteiger partial charge in [0.15, 0.2) is 0 Å². The highest BCUT2D eigenvalue weighted by atomic mass is 79.9. The number of ether oxygens (including phenoxy) is 1. The molecule has 6 heteroatoms. The molecule has 0 bridgehead atoms. The van der Waals surface area contributed by atoms with Crippen molar-refractivity contribution in [1.29, 1.82) is 0 Å². The smallest absolute Gasteiger partial charge is 0.257 e. The largest absolute Gasteiger partial charge is 0.507 e. The van der Waals surface area contributed by atoms with Crippen LogP contribution in [0.15, 0.2) is 22.7 Å². The second-order valence-corrected chi connectivity index (χ2v) is 6.42. The number of benzene rings is 1. The lowest BCUT2D eigenvalue weighted by atomic mass is 10.2. The maximum absolute atomic E-state index is 12.5. The molecule has 1 aromatic rings. The van der Waals surface area contributed by atoms with Gasteiger partial charge in [0, 0.05) is 36.7 Å². The number of carbonyl (C=O) groups is 1. The van der Waals surface area contributed by atoms with E-state index >= 15 is 0 Å². The number of amides is 1. The quantitative estimate of drug-likeness (QED) is 0.878. The van der Waals surface area contributed by atoms with E-state index in [9.17, 15) is 9.90 Å². The van der Waals surface area contributed by atoms with Crippen molar-refractivity contribution in [1.82, 2.24) is 9.80 Å². The van der Waals surface area contributed by atoms with Gasteiger partial charge in [0.2, 0.25) is 0 Å². The molecule has 2 fully saturated rings. The van der Waals surface area contributed by atoms with E-state index in [1.807, 2.05) is 4.90 Å². The van der Waals surface area contributed by atoms with E-state index < -0.39 is 0 Å². The standard InChI is InChI=1S/C15H19BrN2O3/c16-11-1-2-13(14(19)9-11)15(20)18-4-3-12(10-18)17-5-7-21-8-6-17/h1-2,9,12,19H,3-8,10H2. The number of halogens is 1. The lowest BCUT2D eigenvalue weighted by molar-refractivity contribution is 0.0185. The van der Waals surface area contributed by atoms with Crippen LogP contribution in [-0.2, 0) is 4.74 Å². The molecule has 0 spiro atoms. The van der Waals surface area contributed by atoms with Crippen molar-refractivity contribution in [3.8, 4) is 5.75 Å². The average Bonchev–Trinajstić information content (AvgIpc) is 2.97. The maximum atomic E-state index is 12.5. The molecule has 2 saturated heterocycles. The van der Waals surface area contributed by atoms with Crippen molar-refractivity contribution in [2.24, 2.45) is 0 Å². The first-order chi connectivity index (χ1) is 10.1. The van der Waals surface area contributed by atoms with Gasteiger partial charge in [-0.15, -0.1) is 0 Å². The second kappa shape index (κ2) is 6.34. The third-order valence-electron chi connectivity index (χ3n) is 4.20. The highest BCUT2D eigenvalue weighted by Gasteiger charge is 2.32. The molecule has 5 nitrogen and oxygen atoms in total. The highest BCUT2D eigenvalue weighted by molar-refractivity contribution is 9.10. The van der Waals surface area contributed by atoms with Crippen LogP contribution in [-0.4, -0.2) is 66.2 Å². The number of hydrogen-bond acceptors (Lipinski definition) is 4. The van der Waals surface area contributed by atoms with Crippen molar-refractivity contribution in [2.45, 2.75) is 12.5 Å². The summed E-state index contributed by atoms with van der Waals surface area (Å²) < 4.78 is 6.14. The van der Waals surface area contributed by atoms with Crippen LogP contribution in [0, 0.1) is 0 Å². The molecule has 114 valence electrons. The Balaban J connectivity index is 1.66. The fourth-order valence-corrected chi connectivity index (χ4v) is 3.37. The Bertz CT molecular complexity index is 532. The Morgan fingerprint density at radius 2 is 2.05 bits per heavy atom. The molecule has 2 aliphatic heterocycles. The number of phenols is 1. The van der Waals surface area contributed by atoms with Gasteiger partial charge in [-0.25, -0.2) is 0 Å². The first-order valence-corrected chi connectivity index (χ1v) is 8.04. The minimum absolute atomic E-state index is 0.0317. The molecular formula is C15H19BrN2O3. The number of nitrogens with zero attached hydrogens (tertiary/aromatic N) is 2. The Morgan fingerprint density at radius 1 is 1.29 bits per heavy atom. The van der Waals surface area contributed by atoms with Crippen LogP contribution in [0.1, 0.15) is 16.8 Å². The number of morpholine rings is 1. The number of carbonyl (C=O) groups excluding carboxylic acids is 1. The van der Waals surface area contributed by atoms with Gasteiger partial charge in [-0.2, -0.15) is 0 Å². The topological polar surface area (TPSA) is 53.0 Å². The minimum Gasteiger partial charge on any atom is -0.507 e. The third kappa shape index (κ3) is 3.22. The molecule has 1 amide bonds. The van der Waals surface area contributed by atoms with Crippen LogP contribution in [0.25, 0.3) is 0 Å². The summed E-state index contributed by atoms with van der Waals surface area (Å²) in [4.78, 5) is 16.8. The van der Waals surface area contributed by atoms with Crippen LogP contribution in [0.5, 0.6) is 5.75 Å². The third-order valence-corrected chi connectivity index (χ3v) is 4.70. The molecule has 1 aromatic carbocycles. The van der Waals surface area contributed by atoms with Gasteiger partial charge in [-0.3, -0.25) is 9.69 Å². The predicted molar refractivity (Wildman–Crippen MR) is 82.5 cm³/mol. The first kappa shape index (κ1) is 14.8. The molecule has 0 aliphatic carbocycles. The zero-order valence-corrected chi connectivity index (χ0v) is 13.4. The number of rotatable bonds is 2. The summed E-state index contributed by atoms with van der Waals surface area (Å²) in [6, 6.07) is 5.42. The van der Waals surface area contributed by atoms with Gasteiger partial charge < -0.3 is 14.7 Å². The highest BCUT2D eigenvalue weighted by Crippen LogP contribution is 2.26. The molecular weight excluding hydrogens is 336 g/mol. The Kier molecular flexibility index (Phi) is 4.47. The number of aromatic hydroxyl groups is 1. The van der Waals surface area contributed by atoms with Gasteiger partial charge in [0.25, 0.3) is 5.91 Å². The zero-order valence-electron chi connectivity index (χ0n) is 11.8. The molecule has 0 radical (unpaired) electrons. The SMILES string of the molecule is O=C(c1ccc(Br)cc1O)N1CCC(N2CCOCC2)C1. The van der Waals surface area contributed by atoms with Crippen LogP contribution >= 0.6 is 15.9 Å². The van der Waals surface area contributed by atoms with E-state index in [0.717, 1.165) is 50.3 Å². The summed E-state index contributed by atoms with van der Waals surface area (Å²) in [6.45, 7) is 4.91. The van der Waals surface area contributed by atoms with E-state index in [-0.39, 0.29) is 11.7 Å². The predicted octanol–water partition coefficient (Wildman–Crippen LogP) is 1.70. The minimum atomic E-state index is -0.0873. The maximum Gasteiger partial charge on any atom is 0.257 e. The number of hydrogen-bond donors (Lipinski definition) is 1. The summed E-state index contributed by atoms with van der Waals surface area (Å²) in [6.07, 6.45) is 0.989. The Morgan fingerprint density at radius 3 is 2.76 bits per heavy atom. The first-order valence-electron chi connectivity index (χ1n) is 7.25. The van der Waals surface area contributed by atoms with Gasteiger partial charge >= 0.3 is 0 Å². The van der Waals surface area contributed by atoms with E-state index in [1.165, 1.54) is 0 Å². The van der Waals surface area contributed by atoms with Crippen molar-refractivity contribution < 1.29 is 14.6 Å². The van der Waals surface area contributed by atoms with Crippen LogP contribution in [0.3, 0.4) is 0 Å². The Labute approximate surface area is 132 Å².